The van der Waals surface area contributed by atoms with Crippen LogP contribution in [0, 0.1) is 5.92 Å². The zero-order chi connectivity index (χ0) is 15.4. The van der Waals surface area contributed by atoms with Crippen LogP contribution in [-0.4, -0.2) is 27.6 Å². The molecule has 1 aromatic heterocycles. The Morgan fingerprint density at radius 2 is 1.82 bits per heavy atom. The molecule has 1 aliphatic carbocycles. The lowest BCUT2D eigenvalue weighted by atomic mass is 10.1. The minimum atomic E-state index is -0.915. The Labute approximate surface area is 128 Å². The first-order chi connectivity index (χ1) is 10.7. The molecule has 6 nitrogen and oxygen atoms in total. The molecular weight excluding hydrogens is 280 g/mol. The smallest absolute Gasteiger partial charge is 0.335 e. The fraction of sp³-hybridized carbons (Fsp3) is 0.312. The Morgan fingerprint density at radius 1 is 1.14 bits per heavy atom. The van der Waals surface area contributed by atoms with Gasteiger partial charge >= 0.3 is 5.97 Å². The van der Waals surface area contributed by atoms with Gasteiger partial charge in [0.05, 0.1) is 5.56 Å². The molecule has 0 amide bonds. The fourth-order valence-electron chi connectivity index (χ4n) is 2.08. The first-order valence-electron chi connectivity index (χ1n) is 7.33. The van der Waals surface area contributed by atoms with Gasteiger partial charge in [-0.15, -0.1) is 0 Å². The van der Waals surface area contributed by atoms with Crippen molar-refractivity contribution < 1.29 is 9.90 Å². The van der Waals surface area contributed by atoms with E-state index >= 15 is 0 Å². The summed E-state index contributed by atoms with van der Waals surface area (Å²) in [6.45, 7) is 1.55. The van der Waals surface area contributed by atoms with Gasteiger partial charge in [-0.05, 0) is 36.5 Å². The van der Waals surface area contributed by atoms with Crippen LogP contribution in [-0.2, 0) is 6.54 Å². The average molecular weight is 298 g/mol. The number of carboxylic acid groups (broad SMARTS) is 1. The van der Waals surface area contributed by atoms with Crippen molar-refractivity contribution in [3.05, 3.63) is 47.8 Å². The van der Waals surface area contributed by atoms with Gasteiger partial charge in [0.2, 0.25) is 0 Å². The molecule has 1 saturated carbocycles. The van der Waals surface area contributed by atoms with Gasteiger partial charge in [0, 0.05) is 19.2 Å². The molecule has 22 heavy (non-hydrogen) atoms. The third kappa shape index (κ3) is 3.94. The molecule has 2 aromatic rings. The van der Waals surface area contributed by atoms with Gasteiger partial charge in [0.1, 0.15) is 18.0 Å². The van der Waals surface area contributed by atoms with Crippen LogP contribution in [0.25, 0.3) is 0 Å². The Morgan fingerprint density at radius 3 is 2.45 bits per heavy atom. The highest BCUT2D eigenvalue weighted by atomic mass is 16.4. The maximum Gasteiger partial charge on any atom is 0.335 e. The van der Waals surface area contributed by atoms with Gasteiger partial charge in [-0.2, -0.15) is 0 Å². The summed E-state index contributed by atoms with van der Waals surface area (Å²) in [5, 5.41) is 15.4. The van der Waals surface area contributed by atoms with Crippen LogP contribution >= 0.6 is 0 Å². The van der Waals surface area contributed by atoms with Crippen molar-refractivity contribution in [2.24, 2.45) is 5.92 Å². The van der Waals surface area contributed by atoms with E-state index in [-0.39, 0.29) is 5.56 Å². The van der Waals surface area contributed by atoms with Crippen molar-refractivity contribution in [2.45, 2.75) is 19.4 Å². The summed E-state index contributed by atoms with van der Waals surface area (Å²) in [7, 11) is 0. The zero-order valence-electron chi connectivity index (χ0n) is 12.1. The van der Waals surface area contributed by atoms with Crippen molar-refractivity contribution in [2.75, 3.05) is 17.2 Å². The van der Waals surface area contributed by atoms with Crippen molar-refractivity contribution >= 4 is 17.6 Å². The highest BCUT2D eigenvalue weighted by Gasteiger charge is 2.20. The lowest BCUT2D eigenvalue weighted by Gasteiger charge is -2.08. The van der Waals surface area contributed by atoms with Crippen LogP contribution in [0.5, 0.6) is 0 Å². The normalized spacial score (nSPS) is 13.6. The lowest BCUT2D eigenvalue weighted by molar-refractivity contribution is 0.0697. The summed E-state index contributed by atoms with van der Waals surface area (Å²) in [6.07, 6.45) is 4.14. The van der Waals surface area contributed by atoms with E-state index in [1.165, 1.54) is 19.2 Å². The summed E-state index contributed by atoms with van der Waals surface area (Å²) in [4.78, 5) is 19.2. The number of hydrogen-bond acceptors (Lipinski definition) is 5. The first kappa shape index (κ1) is 14.3. The number of anilines is 2. The second-order valence-corrected chi connectivity index (χ2v) is 5.47. The zero-order valence-corrected chi connectivity index (χ0v) is 12.1. The van der Waals surface area contributed by atoms with E-state index in [1.807, 2.05) is 6.07 Å². The minimum absolute atomic E-state index is 0.289. The lowest BCUT2D eigenvalue weighted by Crippen LogP contribution is -2.07. The van der Waals surface area contributed by atoms with E-state index in [4.69, 9.17) is 5.11 Å². The highest BCUT2D eigenvalue weighted by molar-refractivity contribution is 5.87. The highest BCUT2D eigenvalue weighted by Crippen LogP contribution is 2.28. The Balaban J connectivity index is 1.55. The van der Waals surface area contributed by atoms with Crippen LogP contribution in [0.15, 0.2) is 36.7 Å². The van der Waals surface area contributed by atoms with E-state index in [9.17, 15) is 4.79 Å². The molecule has 0 saturated heterocycles. The van der Waals surface area contributed by atoms with Gasteiger partial charge in [-0.25, -0.2) is 14.8 Å². The molecule has 1 heterocycles. The van der Waals surface area contributed by atoms with E-state index < -0.39 is 5.97 Å². The Hall–Kier alpha value is -2.63. The van der Waals surface area contributed by atoms with Crippen LogP contribution in [0.3, 0.4) is 0 Å². The molecule has 0 atom stereocenters. The second-order valence-electron chi connectivity index (χ2n) is 5.47. The number of carbonyl (C=O) groups is 1. The van der Waals surface area contributed by atoms with Crippen LogP contribution in [0.4, 0.5) is 11.6 Å². The number of hydrogen-bond donors (Lipinski definition) is 3. The average Bonchev–Trinajstić information content (AvgIpc) is 3.36. The van der Waals surface area contributed by atoms with Crippen molar-refractivity contribution in [1.82, 2.24) is 9.97 Å². The molecule has 114 valence electrons. The van der Waals surface area contributed by atoms with Crippen molar-refractivity contribution in [3.63, 3.8) is 0 Å². The molecule has 1 aromatic carbocycles. The molecule has 0 spiro atoms. The third-order valence-corrected chi connectivity index (χ3v) is 3.61. The number of rotatable bonds is 7. The van der Waals surface area contributed by atoms with Gasteiger partial charge < -0.3 is 15.7 Å². The van der Waals surface area contributed by atoms with E-state index in [2.05, 4.69) is 20.6 Å². The predicted octanol–water partition coefficient (Wildman–Crippen LogP) is 2.61. The van der Waals surface area contributed by atoms with Crippen LogP contribution in [0.1, 0.15) is 28.8 Å². The maximum absolute atomic E-state index is 10.8. The topological polar surface area (TPSA) is 87.1 Å². The van der Waals surface area contributed by atoms with Crippen molar-refractivity contribution in [3.8, 4) is 0 Å². The van der Waals surface area contributed by atoms with Gasteiger partial charge in [0.25, 0.3) is 0 Å². The largest absolute Gasteiger partial charge is 0.478 e. The summed E-state index contributed by atoms with van der Waals surface area (Å²) in [6, 6.07) is 8.67. The summed E-state index contributed by atoms with van der Waals surface area (Å²) in [5.41, 5.74) is 1.29. The standard InChI is InChI=1S/C16H18N4O2/c21-16(22)13-5-3-12(4-6-13)9-18-15-7-14(19-10-20-15)17-8-11-1-2-11/h3-7,10-11H,1-2,8-9H2,(H,21,22)(H2,17,18,19,20). The molecule has 3 N–H and O–H groups in total. The van der Waals surface area contributed by atoms with Gasteiger partial charge in [-0.3, -0.25) is 0 Å². The molecule has 6 heteroatoms. The van der Waals surface area contributed by atoms with Crippen LogP contribution in [0.2, 0.25) is 0 Å². The number of carboxylic acids is 1. The SMILES string of the molecule is O=C(O)c1ccc(CNc2cc(NCC3CC3)ncn2)cc1. The molecule has 0 radical (unpaired) electrons. The number of benzene rings is 1. The van der Waals surface area contributed by atoms with E-state index in [0.717, 1.165) is 29.7 Å². The molecule has 3 rings (SSSR count). The molecule has 0 bridgehead atoms. The number of aromatic carboxylic acids is 1. The maximum atomic E-state index is 10.8. The summed E-state index contributed by atoms with van der Waals surface area (Å²) in [5.74, 6) is 1.45. The predicted molar refractivity (Wildman–Crippen MR) is 84.0 cm³/mol. The molecule has 0 aliphatic heterocycles. The number of nitrogens with zero attached hydrogens (tertiary/aromatic N) is 2. The van der Waals surface area contributed by atoms with Crippen LogP contribution < -0.4 is 10.6 Å². The monoisotopic (exact) mass is 298 g/mol. The van der Waals surface area contributed by atoms with Crippen molar-refractivity contribution in [1.29, 1.82) is 0 Å². The molecule has 1 aliphatic rings. The van der Waals surface area contributed by atoms with E-state index in [0.29, 0.717) is 6.54 Å². The summed E-state index contributed by atoms with van der Waals surface area (Å²) >= 11 is 0. The first-order valence-corrected chi connectivity index (χ1v) is 7.33. The molecule has 1 fully saturated rings. The van der Waals surface area contributed by atoms with Gasteiger partial charge in [-0.1, -0.05) is 12.1 Å². The van der Waals surface area contributed by atoms with Gasteiger partial charge in [0.15, 0.2) is 0 Å². The van der Waals surface area contributed by atoms with E-state index in [1.54, 1.807) is 24.3 Å². The Kier molecular flexibility index (Phi) is 4.18. The second kappa shape index (κ2) is 6.43. The number of aromatic nitrogens is 2. The molecular formula is C16H18N4O2. The Bertz CT molecular complexity index is 653. The fourth-order valence-corrected chi connectivity index (χ4v) is 2.08. The minimum Gasteiger partial charge on any atom is -0.478 e. The quantitative estimate of drug-likeness (QED) is 0.728. The summed E-state index contributed by atoms with van der Waals surface area (Å²) < 4.78 is 0. The molecule has 0 unspecified atom stereocenters. The third-order valence-electron chi connectivity index (χ3n) is 3.61. The number of nitrogens with one attached hydrogen (secondary N) is 2.